The van der Waals surface area contributed by atoms with Gasteiger partial charge in [0.25, 0.3) is 0 Å². The SMILES string of the molecule is CCC(CC)CN(CC(=O)OC)C(=O)OCC(F)(F)F. The van der Waals surface area contributed by atoms with Gasteiger partial charge in [-0.2, -0.15) is 13.2 Å². The predicted octanol–water partition coefficient (Wildman–Crippen LogP) is 2.60. The number of ether oxygens (including phenoxy) is 2. The van der Waals surface area contributed by atoms with Crippen LogP contribution >= 0.6 is 0 Å². The van der Waals surface area contributed by atoms with Crippen LogP contribution in [0, 0.1) is 5.92 Å². The lowest BCUT2D eigenvalue weighted by Crippen LogP contribution is -2.41. The zero-order chi connectivity index (χ0) is 15.8. The van der Waals surface area contributed by atoms with E-state index in [2.05, 4.69) is 9.47 Å². The van der Waals surface area contributed by atoms with Crippen molar-refractivity contribution in [1.29, 1.82) is 0 Å². The fraction of sp³-hybridized carbons (Fsp3) is 0.833. The van der Waals surface area contributed by atoms with E-state index in [-0.39, 0.29) is 12.5 Å². The molecule has 0 aromatic rings. The van der Waals surface area contributed by atoms with Crippen molar-refractivity contribution >= 4 is 12.1 Å². The number of halogens is 3. The summed E-state index contributed by atoms with van der Waals surface area (Å²) < 4.78 is 44.6. The highest BCUT2D eigenvalue weighted by atomic mass is 19.4. The quantitative estimate of drug-likeness (QED) is 0.678. The minimum absolute atomic E-state index is 0.0816. The Balaban J connectivity index is 4.65. The van der Waals surface area contributed by atoms with Gasteiger partial charge in [0.05, 0.1) is 7.11 Å². The lowest BCUT2D eigenvalue weighted by molar-refractivity contribution is -0.163. The molecule has 0 aliphatic rings. The van der Waals surface area contributed by atoms with Crippen molar-refractivity contribution in [3.8, 4) is 0 Å². The van der Waals surface area contributed by atoms with Crippen LogP contribution in [-0.2, 0) is 14.3 Å². The second-order valence-electron chi connectivity index (χ2n) is 4.31. The molecule has 20 heavy (non-hydrogen) atoms. The molecule has 0 saturated heterocycles. The van der Waals surface area contributed by atoms with E-state index in [0.717, 1.165) is 24.9 Å². The second-order valence-corrected chi connectivity index (χ2v) is 4.31. The number of esters is 1. The first kappa shape index (κ1) is 18.5. The van der Waals surface area contributed by atoms with E-state index in [4.69, 9.17) is 0 Å². The molecule has 0 atom stereocenters. The van der Waals surface area contributed by atoms with Crippen LogP contribution in [-0.4, -0.2) is 49.9 Å². The standard InChI is InChI=1S/C12H20F3NO4/c1-4-9(5-2)6-16(7-10(17)19-3)11(18)20-8-12(13,14)15/h9H,4-8H2,1-3H3. The monoisotopic (exact) mass is 299 g/mol. The Labute approximate surface area is 116 Å². The third kappa shape index (κ3) is 7.85. The van der Waals surface area contributed by atoms with Crippen LogP contribution in [0.1, 0.15) is 26.7 Å². The molecule has 1 amide bonds. The summed E-state index contributed by atoms with van der Waals surface area (Å²) in [6.45, 7) is 1.84. The summed E-state index contributed by atoms with van der Waals surface area (Å²) in [5.74, 6) is -0.627. The Morgan fingerprint density at radius 1 is 1.20 bits per heavy atom. The van der Waals surface area contributed by atoms with Crippen LogP contribution in [0.3, 0.4) is 0 Å². The molecule has 0 unspecified atom stereocenters. The van der Waals surface area contributed by atoms with Gasteiger partial charge < -0.3 is 9.47 Å². The van der Waals surface area contributed by atoms with Gasteiger partial charge in [-0.05, 0) is 5.92 Å². The summed E-state index contributed by atoms with van der Waals surface area (Å²) in [5.41, 5.74) is 0. The Bertz CT molecular complexity index is 316. The minimum atomic E-state index is -4.60. The molecule has 5 nitrogen and oxygen atoms in total. The Kier molecular flexibility index (Phi) is 8.02. The van der Waals surface area contributed by atoms with E-state index >= 15 is 0 Å². The molecule has 0 aromatic carbocycles. The van der Waals surface area contributed by atoms with E-state index in [1.807, 2.05) is 13.8 Å². The van der Waals surface area contributed by atoms with Gasteiger partial charge in [-0.15, -0.1) is 0 Å². The number of hydrogen-bond donors (Lipinski definition) is 0. The van der Waals surface area contributed by atoms with Crippen LogP contribution in [0.15, 0.2) is 0 Å². The van der Waals surface area contributed by atoms with Crippen molar-refractivity contribution in [2.45, 2.75) is 32.9 Å². The zero-order valence-corrected chi connectivity index (χ0v) is 11.8. The van der Waals surface area contributed by atoms with Gasteiger partial charge in [-0.3, -0.25) is 9.69 Å². The molecule has 118 valence electrons. The molecule has 0 N–H and O–H groups in total. The van der Waals surface area contributed by atoms with E-state index in [9.17, 15) is 22.8 Å². The summed E-state index contributed by atoms with van der Waals surface area (Å²) in [4.78, 5) is 23.7. The van der Waals surface area contributed by atoms with Crippen LogP contribution in [0.2, 0.25) is 0 Å². The summed E-state index contributed by atoms with van der Waals surface area (Å²) >= 11 is 0. The molecule has 8 heteroatoms. The normalized spacial score (nSPS) is 11.3. The molecule has 0 spiro atoms. The number of methoxy groups -OCH3 is 1. The van der Waals surface area contributed by atoms with Gasteiger partial charge in [0, 0.05) is 6.54 Å². The Hall–Kier alpha value is -1.47. The number of rotatable bonds is 7. The van der Waals surface area contributed by atoms with Crippen molar-refractivity contribution in [2.75, 3.05) is 26.8 Å². The highest BCUT2D eigenvalue weighted by Crippen LogP contribution is 2.16. The summed E-state index contributed by atoms with van der Waals surface area (Å²) in [7, 11) is 1.14. The van der Waals surface area contributed by atoms with Crippen molar-refractivity contribution < 1.29 is 32.2 Å². The topological polar surface area (TPSA) is 55.8 Å². The number of hydrogen-bond acceptors (Lipinski definition) is 4. The highest BCUT2D eigenvalue weighted by Gasteiger charge is 2.31. The second kappa shape index (κ2) is 8.65. The lowest BCUT2D eigenvalue weighted by Gasteiger charge is -2.25. The summed E-state index contributed by atoms with van der Waals surface area (Å²) in [5, 5.41) is 0. The maximum Gasteiger partial charge on any atom is 0.422 e. The van der Waals surface area contributed by atoms with Crippen LogP contribution in [0.5, 0.6) is 0 Å². The maximum absolute atomic E-state index is 12.0. The fourth-order valence-electron chi connectivity index (χ4n) is 1.52. The zero-order valence-electron chi connectivity index (χ0n) is 11.8. The number of alkyl halides is 3. The van der Waals surface area contributed by atoms with E-state index in [0.29, 0.717) is 0 Å². The van der Waals surface area contributed by atoms with Gasteiger partial charge in [0.15, 0.2) is 6.61 Å². The average molecular weight is 299 g/mol. The maximum atomic E-state index is 12.0. The van der Waals surface area contributed by atoms with Crippen LogP contribution in [0.25, 0.3) is 0 Å². The van der Waals surface area contributed by atoms with Gasteiger partial charge in [-0.25, -0.2) is 4.79 Å². The number of amides is 1. The van der Waals surface area contributed by atoms with Gasteiger partial charge in [0.1, 0.15) is 6.54 Å². The smallest absolute Gasteiger partial charge is 0.422 e. The van der Waals surface area contributed by atoms with Crippen LogP contribution < -0.4 is 0 Å². The van der Waals surface area contributed by atoms with Gasteiger partial charge in [-0.1, -0.05) is 26.7 Å². The molecule has 0 aliphatic heterocycles. The lowest BCUT2D eigenvalue weighted by atomic mass is 10.0. The highest BCUT2D eigenvalue weighted by molar-refractivity contribution is 5.78. The van der Waals surface area contributed by atoms with Crippen molar-refractivity contribution in [1.82, 2.24) is 4.90 Å². The molecule has 0 bridgehead atoms. The molecular weight excluding hydrogens is 279 g/mol. The first-order valence-electron chi connectivity index (χ1n) is 6.28. The first-order chi connectivity index (χ1) is 9.23. The van der Waals surface area contributed by atoms with Crippen LogP contribution in [0.4, 0.5) is 18.0 Å². The molecule has 0 radical (unpaired) electrons. The van der Waals surface area contributed by atoms with E-state index in [1.54, 1.807) is 0 Å². The molecule has 0 heterocycles. The Morgan fingerprint density at radius 2 is 1.75 bits per heavy atom. The van der Waals surface area contributed by atoms with Crippen molar-refractivity contribution in [3.63, 3.8) is 0 Å². The first-order valence-corrected chi connectivity index (χ1v) is 6.28. The largest absolute Gasteiger partial charge is 0.468 e. The number of nitrogens with zero attached hydrogens (tertiary/aromatic N) is 1. The third-order valence-electron chi connectivity index (χ3n) is 2.80. The predicted molar refractivity (Wildman–Crippen MR) is 65.1 cm³/mol. The minimum Gasteiger partial charge on any atom is -0.468 e. The van der Waals surface area contributed by atoms with E-state index < -0.39 is 31.4 Å². The van der Waals surface area contributed by atoms with Gasteiger partial charge in [0.2, 0.25) is 0 Å². The molecule has 0 aliphatic carbocycles. The summed E-state index contributed by atoms with van der Waals surface area (Å²) in [6.07, 6.45) is -4.29. The van der Waals surface area contributed by atoms with Crippen molar-refractivity contribution in [2.24, 2.45) is 5.92 Å². The molecule has 0 aromatic heterocycles. The summed E-state index contributed by atoms with van der Waals surface area (Å²) in [6, 6.07) is 0. The number of carbonyl (C=O) groups excluding carboxylic acids is 2. The average Bonchev–Trinajstić information content (AvgIpc) is 2.39. The molecule has 0 saturated carbocycles. The molecular formula is C12H20F3NO4. The van der Waals surface area contributed by atoms with E-state index in [1.165, 1.54) is 0 Å². The van der Waals surface area contributed by atoms with Gasteiger partial charge >= 0.3 is 18.2 Å². The van der Waals surface area contributed by atoms with Crippen molar-refractivity contribution in [3.05, 3.63) is 0 Å². The molecule has 0 rings (SSSR count). The molecule has 0 fully saturated rings. The Morgan fingerprint density at radius 3 is 2.15 bits per heavy atom. The third-order valence-corrected chi connectivity index (χ3v) is 2.80. The fourth-order valence-corrected chi connectivity index (χ4v) is 1.52. The number of carbonyl (C=O) groups is 2.